The highest BCUT2D eigenvalue weighted by Crippen LogP contribution is 2.29. The largest absolute Gasteiger partial charge is 0.497 e. The van der Waals surface area contributed by atoms with Gasteiger partial charge in [-0.2, -0.15) is 0 Å². The van der Waals surface area contributed by atoms with E-state index in [1.807, 2.05) is 18.5 Å². The highest BCUT2D eigenvalue weighted by atomic mass is 16.5. The standard InChI is InChI=1S/C25H25N3O/c1-29-23-12-10-22(11-13-23)28-18-26-24-14-7-20(17-25(24)28)19-5-8-21(9-6-19)27-15-3-2-4-16-27/h5-14,17-18H,2-4,15-16H2,1H3. The van der Waals surface area contributed by atoms with Crippen LogP contribution in [0.1, 0.15) is 19.3 Å². The number of fused-ring (bicyclic) bond motifs is 1. The van der Waals surface area contributed by atoms with E-state index < -0.39 is 0 Å². The lowest BCUT2D eigenvalue weighted by Crippen LogP contribution is -2.29. The lowest BCUT2D eigenvalue weighted by Gasteiger charge is -2.28. The first-order chi connectivity index (χ1) is 14.3. The summed E-state index contributed by atoms with van der Waals surface area (Å²) in [5.41, 5.74) is 6.94. The lowest BCUT2D eigenvalue weighted by molar-refractivity contribution is 0.415. The maximum absolute atomic E-state index is 5.28. The van der Waals surface area contributed by atoms with Crippen molar-refractivity contribution in [3.8, 4) is 22.6 Å². The van der Waals surface area contributed by atoms with Crippen molar-refractivity contribution < 1.29 is 4.74 Å². The summed E-state index contributed by atoms with van der Waals surface area (Å²) < 4.78 is 7.40. The van der Waals surface area contributed by atoms with Crippen LogP contribution in [0.25, 0.3) is 27.8 Å². The van der Waals surface area contributed by atoms with Gasteiger partial charge in [0.25, 0.3) is 0 Å². The Hall–Kier alpha value is -3.27. The predicted octanol–water partition coefficient (Wildman–Crippen LogP) is 5.69. The molecule has 29 heavy (non-hydrogen) atoms. The van der Waals surface area contributed by atoms with E-state index in [9.17, 15) is 0 Å². The number of anilines is 1. The topological polar surface area (TPSA) is 30.3 Å². The zero-order valence-corrected chi connectivity index (χ0v) is 16.7. The molecule has 1 saturated heterocycles. The molecule has 4 nitrogen and oxygen atoms in total. The van der Waals surface area contributed by atoms with E-state index in [1.165, 1.54) is 49.2 Å². The first-order valence-corrected chi connectivity index (χ1v) is 10.3. The third kappa shape index (κ3) is 3.46. The highest BCUT2D eigenvalue weighted by Gasteiger charge is 2.11. The van der Waals surface area contributed by atoms with Gasteiger partial charge in [0.15, 0.2) is 0 Å². The summed E-state index contributed by atoms with van der Waals surface area (Å²) in [5.74, 6) is 0.854. The lowest BCUT2D eigenvalue weighted by atomic mass is 10.0. The fraction of sp³-hybridized carbons (Fsp3) is 0.240. The highest BCUT2D eigenvalue weighted by molar-refractivity contribution is 5.83. The molecule has 0 aliphatic carbocycles. The quantitative estimate of drug-likeness (QED) is 0.453. The molecular formula is C25H25N3O. The van der Waals surface area contributed by atoms with Crippen molar-refractivity contribution in [2.45, 2.75) is 19.3 Å². The van der Waals surface area contributed by atoms with Gasteiger partial charge < -0.3 is 9.64 Å². The summed E-state index contributed by atoms with van der Waals surface area (Å²) in [5, 5.41) is 0. The molecule has 1 fully saturated rings. The Morgan fingerprint density at radius 1 is 0.759 bits per heavy atom. The second-order valence-electron chi connectivity index (χ2n) is 7.61. The fourth-order valence-electron chi connectivity index (χ4n) is 4.15. The van der Waals surface area contributed by atoms with Crippen LogP contribution < -0.4 is 9.64 Å². The van der Waals surface area contributed by atoms with Gasteiger partial charge in [-0.05, 0) is 78.9 Å². The Morgan fingerprint density at radius 2 is 1.45 bits per heavy atom. The summed E-state index contributed by atoms with van der Waals surface area (Å²) in [6.07, 6.45) is 5.84. The van der Waals surface area contributed by atoms with Crippen LogP contribution in [-0.2, 0) is 0 Å². The number of imidazole rings is 1. The molecule has 2 heterocycles. The zero-order chi connectivity index (χ0) is 19.6. The molecule has 0 spiro atoms. The number of ether oxygens (including phenoxy) is 1. The Balaban J connectivity index is 1.47. The minimum absolute atomic E-state index is 0.854. The molecule has 4 aromatic rings. The molecule has 1 aromatic heterocycles. The Bertz CT molecular complexity index is 1110. The molecule has 0 amide bonds. The van der Waals surface area contributed by atoms with Gasteiger partial charge in [0.2, 0.25) is 0 Å². The van der Waals surface area contributed by atoms with Gasteiger partial charge >= 0.3 is 0 Å². The summed E-state index contributed by atoms with van der Waals surface area (Å²) >= 11 is 0. The van der Waals surface area contributed by atoms with E-state index in [1.54, 1.807) is 7.11 Å². The first kappa shape index (κ1) is 17.8. The first-order valence-electron chi connectivity index (χ1n) is 10.3. The van der Waals surface area contributed by atoms with Crippen molar-refractivity contribution >= 4 is 16.7 Å². The molecule has 0 unspecified atom stereocenters. The molecule has 4 heteroatoms. The summed E-state index contributed by atoms with van der Waals surface area (Å²) in [6, 6.07) is 23.5. The Labute approximate surface area is 171 Å². The number of aromatic nitrogens is 2. The molecule has 0 bridgehead atoms. The van der Waals surface area contributed by atoms with Gasteiger partial charge in [-0.3, -0.25) is 4.57 Å². The van der Waals surface area contributed by atoms with E-state index >= 15 is 0 Å². The van der Waals surface area contributed by atoms with Crippen molar-refractivity contribution in [3.63, 3.8) is 0 Å². The number of benzene rings is 3. The normalized spacial score (nSPS) is 14.3. The third-order valence-corrected chi connectivity index (χ3v) is 5.82. The minimum Gasteiger partial charge on any atom is -0.497 e. The molecule has 1 aliphatic heterocycles. The second-order valence-corrected chi connectivity index (χ2v) is 7.61. The molecular weight excluding hydrogens is 358 g/mol. The molecule has 5 rings (SSSR count). The second kappa shape index (κ2) is 7.63. The fourth-order valence-corrected chi connectivity index (χ4v) is 4.15. The van der Waals surface area contributed by atoms with E-state index in [-0.39, 0.29) is 0 Å². The van der Waals surface area contributed by atoms with Crippen LogP contribution >= 0.6 is 0 Å². The van der Waals surface area contributed by atoms with E-state index in [2.05, 4.69) is 69.0 Å². The van der Waals surface area contributed by atoms with Crippen LogP contribution in [0.5, 0.6) is 5.75 Å². The minimum atomic E-state index is 0.854. The van der Waals surface area contributed by atoms with Gasteiger partial charge in [0.05, 0.1) is 18.1 Å². The van der Waals surface area contributed by atoms with E-state index in [4.69, 9.17) is 4.74 Å². The van der Waals surface area contributed by atoms with Crippen molar-refractivity contribution in [2.75, 3.05) is 25.1 Å². The van der Waals surface area contributed by atoms with E-state index in [0.29, 0.717) is 0 Å². The van der Waals surface area contributed by atoms with Crippen LogP contribution in [0.15, 0.2) is 73.1 Å². The van der Waals surface area contributed by atoms with Crippen LogP contribution in [0, 0.1) is 0 Å². The molecule has 0 atom stereocenters. The zero-order valence-electron chi connectivity index (χ0n) is 16.7. The summed E-state index contributed by atoms with van der Waals surface area (Å²) in [4.78, 5) is 7.07. The number of methoxy groups -OCH3 is 1. The van der Waals surface area contributed by atoms with Crippen molar-refractivity contribution in [1.29, 1.82) is 0 Å². The monoisotopic (exact) mass is 383 g/mol. The summed E-state index contributed by atoms with van der Waals surface area (Å²) in [6.45, 7) is 2.35. The van der Waals surface area contributed by atoms with Crippen LogP contribution in [0.3, 0.4) is 0 Å². The number of nitrogens with zero attached hydrogens (tertiary/aromatic N) is 3. The van der Waals surface area contributed by atoms with Crippen molar-refractivity contribution in [3.05, 3.63) is 73.1 Å². The average Bonchev–Trinajstić information content (AvgIpc) is 3.23. The number of piperidine rings is 1. The van der Waals surface area contributed by atoms with Gasteiger partial charge in [-0.25, -0.2) is 4.98 Å². The smallest absolute Gasteiger partial charge is 0.119 e. The van der Waals surface area contributed by atoms with Crippen LogP contribution in [0.4, 0.5) is 5.69 Å². The van der Waals surface area contributed by atoms with Gasteiger partial charge in [-0.1, -0.05) is 18.2 Å². The molecule has 3 aromatic carbocycles. The molecule has 0 N–H and O–H groups in total. The van der Waals surface area contributed by atoms with Crippen LogP contribution in [0.2, 0.25) is 0 Å². The maximum Gasteiger partial charge on any atom is 0.119 e. The third-order valence-electron chi connectivity index (χ3n) is 5.82. The van der Waals surface area contributed by atoms with Crippen molar-refractivity contribution in [1.82, 2.24) is 9.55 Å². The average molecular weight is 383 g/mol. The molecule has 146 valence electrons. The van der Waals surface area contributed by atoms with Gasteiger partial charge in [-0.15, -0.1) is 0 Å². The van der Waals surface area contributed by atoms with E-state index in [0.717, 1.165) is 22.5 Å². The number of hydrogen-bond acceptors (Lipinski definition) is 3. The van der Waals surface area contributed by atoms with Gasteiger partial charge in [0.1, 0.15) is 12.1 Å². The Kier molecular flexibility index (Phi) is 4.68. The Morgan fingerprint density at radius 3 is 2.17 bits per heavy atom. The molecule has 0 radical (unpaired) electrons. The van der Waals surface area contributed by atoms with Crippen LogP contribution in [-0.4, -0.2) is 29.8 Å². The summed E-state index contributed by atoms with van der Waals surface area (Å²) in [7, 11) is 1.68. The number of hydrogen-bond donors (Lipinski definition) is 0. The maximum atomic E-state index is 5.28. The predicted molar refractivity (Wildman–Crippen MR) is 119 cm³/mol. The number of rotatable bonds is 4. The van der Waals surface area contributed by atoms with Gasteiger partial charge in [0, 0.05) is 24.5 Å². The molecule has 1 aliphatic rings. The molecule has 0 saturated carbocycles. The SMILES string of the molecule is COc1ccc(-n2cnc3ccc(-c4ccc(N5CCCCC5)cc4)cc32)cc1. The van der Waals surface area contributed by atoms with Crippen molar-refractivity contribution in [2.24, 2.45) is 0 Å².